The van der Waals surface area contributed by atoms with E-state index < -0.39 is 0 Å². The number of carbonyl (C=O) groups excluding carboxylic acids is 2. The van der Waals surface area contributed by atoms with Crippen molar-refractivity contribution in [1.29, 1.82) is 0 Å². The Balaban J connectivity index is 1.48. The van der Waals surface area contributed by atoms with E-state index in [-0.39, 0.29) is 25.0 Å². The average molecular weight is 526 g/mol. The summed E-state index contributed by atoms with van der Waals surface area (Å²) in [5.41, 5.74) is 2.81. The summed E-state index contributed by atoms with van der Waals surface area (Å²) in [6.07, 6.45) is 0. The lowest BCUT2D eigenvalue weighted by molar-refractivity contribution is 0.0954. The van der Waals surface area contributed by atoms with Crippen molar-refractivity contribution >= 4 is 23.3 Å². The zero-order valence-corrected chi connectivity index (χ0v) is 22.1. The molecule has 39 heavy (non-hydrogen) atoms. The largest absolute Gasteiger partial charge is 0.497 e. The van der Waals surface area contributed by atoms with Crippen LogP contribution in [0.5, 0.6) is 23.0 Å². The SMILES string of the molecule is COc1cc(OC)cc(C(=O)NCCN(C(=O)Nc2ccc(C)cc2)c2ccc(Oc3ccccc3)cc2)c1. The molecule has 2 N–H and O–H groups in total. The van der Waals surface area contributed by atoms with E-state index in [0.29, 0.717) is 34.2 Å². The van der Waals surface area contributed by atoms with Gasteiger partial charge in [0, 0.05) is 36.1 Å². The van der Waals surface area contributed by atoms with Gasteiger partial charge < -0.3 is 24.8 Å². The van der Waals surface area contributed by atoms with Crippen molar-refractivity contribution in [1.82, 2.24) is 5.32 Å². The summed E-state index contributed by atoms with van der Waals surface area (Å²) in [6, 6.07) is 28.9. The van der Waals surface area contributed by atoms with Gasteiger partial charge in [0.05, 0.1) is 14.2 Å². The van der Waals surface area contributed by atoms with Gasteiger partial charge in [-0.05, 0) is 67.6 Å². The van der Waals surface area contributed by atoms with Crippen molar-refractivity contribution in [3.63, 3.8) is 0 Å². The maximum atomic E-state index is 13.3. The Morgan fingerprint density at radius 2 is 1.36 bits per heavy atom. The molecule has 0 fully saturated rings. The number of methoxy groups -OCH3 is 2. The Morgan fingerprint density at radius 1 is 0.744 bits per heavy atom. The monoisotopic (exact) mass is 525 g/mol. The minimum absolute atomic E-state index is 0.210. The second-order valence-corrected chi connectivity index (χ2v) is 8.71. The maximum Gasteiger partial charge on any atom is 0.326 e. The van der Waals surface area contributed by atoms with Gasteiger partial charge in [0.15, 0.2) is 0 Å². The second-order valence-electron chi connectivity index (χ2n) is 8.71. The number of rotatable bonds is 10. The highest BCUT2D eigenvalue weighted by molar-refractivity contribution is 6.02. The van der Waals surface area contributed by atoms with Gasteiger partial charge in [-0.15, -0.1) is 0 Å². The second kappa shape index (κ2) is 13.0. The van der Waals surface area contributed by atoms with Gasteiger partial charge in [0.1, 0.15) is 23.0 Å². The number of nitrogens with one attached hydrogen (secondary N) is 2. The standard InChI is InChI=1S/C31H31N3O5/c1-22-9-11-24(12-10-22)33-31(36)34(25-13-15-27(16-14-25)39-26-7-5-4-6-8-26)18-17-32-30(35)23-19-28(37-2)21-29(20-23)38-3/h4-16,19-21H,17-18H2,1-3H3,(H,32,35)(H,33,36). The fourth-order valence-corrected chi connectivity index (χ4v) is 3.82. The third-order valence-corrected chi connectivity index (χ3v) is 5.91. The van der Waals surface area contributed by atoms with Gasteiger partial charge in [0.25, 0.3) is 5.91 Å². The van der Waals surface area contributed by atoms with Crippen LogP contribution in [0.4, 0.5) is 16.2 Å². The van der Waals surface area contributed by atoms with Crippen molar-refractivity contribution in [2.24, 2.45) is 0 Å². The number of urea groups is 1. The molecule has 0 radical (unpaired) electrons. The molecule has 0 aliphatic heterocycles. The predicted molar refractivity (Wildman–Crippen MR) is 152 cm³/mol. The lowest BCUT2D eigenvalue weighted by Crippen LogP contribution is -2.41. The zero-order chi connectivity index (χ0) is 27.6. The predicted octanol–water partition coefficient (Wildman–Crippen LogP) is 6.27. The number of para-hydroxylation sites is 1. The summed E-state index contributed by atoms with van der Waals surface area (Å²) in [5.74, 6) is 2.07. The van der Waals surface area contributed by atoms with E-state index in [1.807, 2.05) is 73.7 Å². The first-order chi connectivity index (χ1) is 18.9. The van der Waals surface area contributed by atoms with Crippen molar-refractivity contribution in [3.05, 3.63) is 108 Å². The van der Waals surface area contributed by atoms with E-state index in [2.05, 4.69) is 10.6 Å². The Morgan fingerprint density at radius 3 is 1.97 bits per heavy atom. The fourth-order valence-electron chi connectivity index (χ4n) is 3.82. The third kappa shape index (κ3) is 7.52. The normalized spacial score (nSPS) is 10.3. The van der Waals surface area contributed by atoms with E-state index in [0.717, 1.165) is 11.3 Å². The van der Waals surface area contributed by atoms with Gasteiger partial charge in [-0.1, -0.05) is 35.9 Å². The van der Waals surface area contributed by atoms with E-state index in [4.69, 9.17) is 14.2 Å². The molecule has 0 atom stereocenters. The molecule has 0 aliphatic rings. The van der Waals surface area contributed by atoms with Crippen molar-refractivity contribution in [2.75, 3.05) is 37.5 Å². The maximum absolute atomic E-state index is 13.3. The number of aryl methyl sites for hydroxylation is 1. The lowest BCUT2D eigenvalue weighted by Gasteiger charge is -2.24. The Labute approximate surface area is 228 Å². The molecule has 0 spiro atoms. The van der Waals surface area contributed by atoms with Gasteiger partial charge in [0.2, 0.25) is 0 Å². The molecule has 0 heterocycles. The molecule has 8 heteroatoms. The molecule has 3 amide bonds. The number of anilines is 2. The minimum atomic E-state index is -0.326. The third-order valence-electron chi connectivity index (χ3n) is 5.91. The van der Waals surface area contributed by atoms with Crippen molar-refractivity contribution in [2.45, 2.75) is 6.92 Å². The number of ether oxygens (including phenoxy) is 3. The Hall–Kier alpha value is -4.98. The first-order valence-corrected chi connectivity index (χ1v) is 12.4. The van der Waals surface area contributed by atoms with E-state index in [1.165, 1.54) is 14.2 Å². The van der Waals surface area contributed by atoms with E-state index >= 15 is 0 Å². The molecule has 4 aromatic rings. The van der Waals surface area contributed by atoms with Gasteiger partial charge in [-0.25, -0.2) is 4.79 Å². The molecular formula is C31H31N3O5. The molecule has 4 aromatic carbocycles. The fraction of sp³-hybridized carbons (Fsp3) is 0.161. The van der Waals surface area contributed by atoms with Crippen LogP contribution in [0.15, 0.2) is 97.1 Å². The van der Waals surface area contributed by atoms with Crippen LogP contribution in [0.2, 0.25) is 0 Å². The van der Waals surface area contributed by atoms with Crippen molar-refractivity contribution < 1.29 is 23.8 Å². The highest BCUT2D eigenvalue weighted by atomic mass is 16.5. The molecule has 0 unspecified atom stereocenters. The lowest BCUT2D eigenvalue weighted by atomic mass is 10.2. The molecule has 0 aromatic heterocycles. The topological polar surface area (TPSA) is 89.1 Å². The van der Waals surface area contributed by atoms with Gasteiger partial charge in [-0.2, -0.15) is 0 Å². The Bertz CT molecular complexity index is 1370. The molecule has 0 aliphatic carbocycles. The number of nitrogens with zero attached hydrogens (tertiary/aromatic N) is 1. The number of hydrogen-bond acceptors (Lipinski definition) is 5. The summed E-state index contributed by atoms with van der Waals surface area (Å²) in [4.78, 5) is 27.7. The molecule has 200 valence electrons. The summed E-state index contributed by atoms with van der Waals surface area (Å²) in [6.45, 7) is 2.42. The first kappa shape index (κ1) is 27.1. The number of amides is 3. The van der Waals surface area contributed by atoms with E-state index in [1.54, 1.807) is 35.2 Å². The molecule has 8 nitrogen and oxygen atoms in total. The Kier molecular flexibility index (Phi) is 9.03. The van der Waals surface area contributed by atoms with Crippen LogP contribution in [0.25, 0.3) is 0 Å². The highest BCUT2D eigenvalue weighted by Gasteiger charge is 2.17. The molecule has 0 saturated heterocycles. The van der Waals surface area contributed by atoms with Crippen LogP contribution in [0.1, 0.15) is 15.9 Å². The summed E-state index contributed by atoms with van der Waals surface area (Å²) >= 11 is 0. The van der Waals surface area contributed by atoms with Crippen molar-refractivity contribution in [3.8, 4) is 23.0 Å². The van der Waals surface area contributed by atoms with Gasteiger partial charge >= 0.3 is 6.03 Å². The number of hydrogen-bond donors (Lipinski definition) is 2. The van der Waals surface area contributed by atoms with Crippen LogP contribution < -0.4 is 29.7 Å². The van der Waals surface area contributed by atoms with E-state index in [9.17, 15) is 9.59 Å². The molecule has 0 bridgehead atoms. The van der Waals surface area contributed by atoms with Crippen LogP contribution in [0, 0.1) is 6.92 Å². The summed E-state index contributed by atoms with van der Waals surface area (Å²) in [7, 11) is 3.05. The number of carbonyl (C=O) groups is 2. The molecule has 4 rings (SSSR count). The van der Waals surface area contributed by atoms with Crippen LogP contribution in [-0.4, -0.2) is 39.2 Å². The zero-order valence-electron chi connectivity index (χ0n) is 22.1. The molecular weight excluding hydrogens is 494 g/mol. The highest BCUT2D eigenvalue weighted by Crippen LogP contribution is 2.25. The number of benzene rings is 4. The average Bonchev–Trinajstić information content (AvgIpc) is 2.97. The van der Waals surface area contributed by atoms with Crippen LogP contribution in [0.3, 0.4) is 0 Å². The van der Waals surface area contributed by atoms with Gasteiger partial charge in [-0.3, -0.25) is 9.69 Å². The minimum Gasteiger partial charge on any atom is -0.497 e. The molecule has 0 saturated carbocycles. The summed E-state index contributed by atoms with van der Waals surface area (Å²) < 4.78 is 16.4. The van der Waals surface area contributed by atoms with Crippen LogP contribution >= 0.6 is 0 Å². The smallest absolute Gasteiger partial charge is 0.326 e. The van der Waals surface area contributed by atoms with Crippen LogP contribution in [-0.2, 0) is 0 Å². The summed E-state index contributed by atoms with van der Waals surface area (Å²) in [5, 5.41) is 5.81. The first-order valence-electron chi connectivity index (χ1n) is 12.4. The quantitative estimate of drug-likeness (QED) is 0.255.